The molecule has 2 aromatic carbocycles. The SMILES string of the molecule is Nc1ccc(C(=O)N2CCc3ccccc3CC2)c(N)c1. The quantitative estimate of drug-likeness (QED) is 0.786. The molecule has 1 heterocycles. The van der Waals surface area contributed by atoms with Crippen LogP contribution in [0.25, 0.3) is 0 Å². The molecule has 3 rings (SSSR count). The molecule has 0 radical (unpaired) electrons. The molecule has 0 saturated carbocycles. The van der Waals surface area contributed by atoms with Gasteiger partial charge in [0.1, 0.15) is 0 Å². The summed E-state index contributed by atoms with van der Waals surface area (Å²) < 4.78 is 0. The van der Waals surface area contributed by atoms with Gasteiger partial charge in [-0.25, -0.2) is 0 Å². The van der Waals surface area contributed by atoms with Crippen LogP contribution >= 0.6 is 0 Å². The molecule has 0 aromatic heterocycles. The van der Waals surface area contributed by atoms with Gasteiger partial charge in [-0.15, -0.1) is 0 Å². The predicted octanol–water partition coefficient (Wildman–Crippen LogP) is 2.09. The molecule has 4 heteroatoms. The lowest BCUT2D eigenvalue weighted by Crippen LogP contribution is -2.33. The Hall–Kier alpha value is -2.49. The van der Waals surface area contributed by atoms with Crippen LogP contribution in [0.5, 0.6) is 0 Å². The first kappa shape index (κ1) is 13.5. The molecule has 1 aliphatic heterocycles. The average molecular weight is 281 g/mol. The molecule has 0 fully saturated rings. The highest BCUT2D eigenvalue weighted by Crippen LogP contribution is 2.21. The zero-order valence-electron chi connectivity index (χ0n) is 11.9. The summed E-state index contributed by atoms with van der Waals surface area (Å²) in [4.78, 5) is 14.5. The summed E-state index contributed by atoms with van der Waals surface area (Å²) in [5, 5.41) is 0. The molecular weight excluding hydrogens is 262 g/mol. The number of nitrogens with zero attached hydrogens (tertiary/aromatic N) is 1. The first-order valence-electron chi connectivity index (χ1n) is 7.16. The zero-order valence-corrected chi connectivity index (χ0v) is 11.9. The number of nitrogens with two attached hydrogens (primary N) is 2. The van der Waals surface area contributed by atoms with Crippen LogP contribution in [0.1, 0.15) is 21.5 Å². The van der Waals surface area contributed by atoms with Gasteiger partial charge in [-0.05, 0) is 42.2 Å². The lowest BCUT2D eigenvalue weighted by molar-refractivity contribution is 0.0764. The largest absolute Gasteiger partial charge is 0.399 e. The number of carbonyl (C=O) groups is 1. The number of benzene rings is 2. The summed E-state index contributed by atoms with van der Waals surface area (Å²) in [7, 11) is 0. The highest BCUT2D eigenvalue weighted by Gasteiger charge is 2.21. The molecule has 0 bridgehead atoms. The minimum atomic E-state index is -0.0136. The lowest BCUT2D eigenvalue weighted by Gasteiger charge is -2.21. The van der Waals surface area contributed by atoms with Crippen molar-refractivity contribution in [3.8, 4) is 0 Å². The van der Waals surface area contributed by atoms with E-state index in [0.717, 1.165) is 25.9 Å². The maximum atomic E-state index is 12.6. The molecule has 21 heavy (non-hydrogen) atoms. The zero-order chi connectivity index (χ0) is 14.8. The fraction of sp³-hybridized carbons (Fsp3) is 0.235. The second-order valence-electron chi connectivity index (χ2n) is 5.41. The monoisotopic (exact) mass is 281 g/mol. The van der Waals surface area contributed by atoms with E-state index in [-0.39, 0.29) is 5.91 Å². The maximum Gasteiger partial charge on any atom is 0.255 e. The summed E-state index contributed by atoms with van der Waals surface area (Å²) in [5.74, 6) is -0.0136. The molecule has 4 N–H and O–H groups in total. The van der Waals surface area contributed by atoms with E-state index in [2.05, 4.69) is 12.1 Å². The van der Waals surface area contributed by atoms with Crippen LogP contribution in [0, 0.1) is 0 Å². The molecule has 4 nitrogen and oxygen atoms in total. The summed E-state index contributed by atoms with van der Waals surface area (Å²) in [5.41, 5.74) is 15.8. The van der Waals surface area contributed by atoms with Crippen molar-refractivity contribution >= 4 is 17.3 Å². The van der Waals surface area contributed by atoms with Crippen LogP contribution in [0.2, 0.25) is 0 Å². The molecule has 0 atom stereocenters. The summed E-state index contributed by atoms with van der Waals surface area (Å²) in [6.07, 6.45) is 1.77. The Bertz CT molecular complexity index is 654. The van der Waals surface area contributed by atoms with Crippen molar-refractivity contribution < 1.29 is 4.79 Å². The summed E-state index contributed by atoms with van der Waals surface area (Å²) >= 11 is 0. The number of amides is 1. The Balaban J connectivity index is 1.81. The molecule has 0 spiro atoms. The topological polar surface area (TPSA) is 72.4 Å². The second-order valence-corrected chi connectivity index (χ2v) is 5.41. The molecule has 0 unspecified atom stereocenters. The van der Waals surface area contributed by atoms with Gasteiger partial charge >= 0.3 is 0 Å². The van der Waals surface area contributed by atoms with E-state index in [0.29, 0.717) is 16.9 Å². The average Bonchev–Trinajstić information content (AvgIpc) is 2.69. The van der Waals surface area contributed by atoms with Crippen LogP contribution in [0.4, 0.5) is 11.4 Å². The van der Waals surface area contributed by atoms with Gasteiger partial charge in [-0.1, -0.05) is 24.3 Å². The standard InChI is InChI=1S/C17H19N3O/c18-14-5-6-15(16(19)11-14)17(21)20-9-7-12-3-1-2-4-13(12)8-10-20/h1-6,11H,7-10,18-19H2. The first-order valence-corrected chi connectivity index (χ1v) is 7.16. The van der Waals surface area contributed by atoms with Crippen molar-refractivity contribution in [3.05, 3.63) is 59.2 Å². The molecule has 1 aliphatic rings. The second kappa shape index (κ2) is 5.48. The van der Waals surface area contributed by atoms with Crippen molar-refractivity contribution in [2.45, 2.75) is 12.8 Å². The number of carbonyl (C=O) groups excluding carboxylic acids is 1. The normalized spacial score (nSPS) is 14.4. The molecule has 0 saturated heterocycles. The summed E-state index contributed by atoms with van der Waals surface area (Å²) in [6, 6.07) is 13.4. The van der Waals surface area contributed by atoms with Crippen LogP contribution in [-0.4, -0.2) is 23.9 Å². The van der Waals surface area contributed by atoms with Crippen molar-refractivity contribution in [3.63, 3.8) is 0 Å². The number of anilines is 2. The minimum Gasteiger partial charge on any atom is -0.399 e. The summed E-state index contributed by atoms with van der Waals surface area (Å²) in [6.45, 7) is 1.44. The third-order valence-corrected chi connectivity index (χ3v) is 4.01. The number of nitrogen functional groups attached to an aromatic ring is 2. The van der Waals surface area contributed by atoms with E-state index in [4.69, 9.17) is 11.5 Å². The van der Waals surface area contributed by atoms with E-state index in [1.54, 1.807) is 18.2 Å². The minimum absolute atomic E-state index is 0.0136. The van der Waals surface area contributed by atoms with Gasteiger partial charge in [-0.2, -0.15) is 0 Å². The van der Waals surface area contributed by atoms with Crippen molar-refractivity contribution in [2.24, 2.45) is 0 Å². The van der Waals surface area contributed by atoms with E-state index in [1.807, 2.05) is 17.0 Å². The van der Waals surface area contributed by atoms with E-state index >= 15 is 0 Å². The van der Waals surface area contributed by atoms with Crippen LogP contribution in [0.15, 0.2) is 42.5 Å². The van der Waals surface area contributed by atoms with Gasteiger partial charge in [-0.3, -0.25) is 4.79 Å². The first-order chi connectivity index (χ1) is 10.1. The van der Waals surface area contributed by atoms with Gasteiger partial charge in [0, 0.05) is 24.5 Å². The molecule has 2 aromatic rings. The Morgan fingerprint density at radius 1 is 0.952 bits per heavy atom. The molecule has 1 amide bonds. The third kappa shape index (κ3) is 2.70. The number of fused-ring (bicyclic) bond motifs is 1. The van der Waals surface area contributed by atoms with E-state index in [9.17, 15) is 4.79 Å². The molecule has 0 aliphatic carbocycles. The number of hydrogen-bond donors (Lipinski definition) is 2. The fourth-order valence-electron chi connectivity index (χ4n) is 2.82. The molecule has 108 valence electrons. The van der Waals surface area contributed by atoms with Gasteiger partial charge in [0.2, 0.25) is 0 Å². The smallest absolute Gasteiger partial charge is 0.255 e. The predicted molar refractivity (Wildman–Crippen MR) is 85.0 cm³/mol. The Morgan fingerprint density at radius 3 is 2.14 bits per heavy atom. The third-order valence-electron chi connectivity index (χ3n) is 4.01. The molecular formula is C17H19N3O. The van der Waals surface area contributed by atoms with Crippen molar-refractivity contribution in [1.82, 2.24) is 4.90 Å². The highest BCUT2D eigenvalue weighted by atomic mass is 16.2. The Labute approximate surface area is 124 Å². The van der Waals surface area contributed by atoms with Gasteiger partial charge in [0.05, 0.1) is 5.56 Å². The number of rotatable bonds is 1. The highest BCUT2D eigenvalue weighted by molar-refractivity contribution is 5.99. The van der Waals surface area contributed by atoms with E-state index < -0.39 is 0 Å². The lowest BCUT2D eigenvalue weighted by atomic mass is 10.0. The van der Waals surface area contributed by atoms with Crippen molar-refractivity contribution in [1.29, 1.82) is 0 Å². The Morgan fingerprint density at radius 2 is 1.57 bits per heavy atom. The van der Waals surface area contributed by atoms with Gasteiger partial charge in [0.15, 0.2) is 0 Å². The van der Waals surface area contributed by atoms with Gasteiger partial charge < -0.3 is 16.4 Å². The number of hydrogen-bond acceptors (Lipinski definition) is 3. The van der Waals surface area contributed by atoms with Crippen LogP contribution in [0.3, 0.4) is 0 Å². The van der Waals surface area contributed by atoms with Crippen LogP contribution < -0.4 is 11.5 Å². The Kier molecular flexibility index (Phi) is 3.52. The van der Waals surface area contributed by atoms with Gasteiger partial charge in [0.25, 0.3) is 5.91 Å². The fourth-order valence-corrected chi connectivity index (χ4v) is 2.82. The van der Waals surface area contributed by atoms with E-state index in [1.165, 1.54) is 11.1 Å². The van der Waals surface area contributed by atoms with Crippen molar-refractivity contribution in [2.75, 3.05) is 24.6 Å². The maximum absolute atomic E-state index is 12.6. The van der Waals surface area contributed by atoms with Crippen LogP contribution in [-0.2, 0) is 12.8 Å².